The number of carboxylic acid groups (broad SMARTS) is 1. The molecule has 0 bridgehead atoms. The number of carbonyl (C=O) groups is 1. The van der Waals surface area contributed by atoms with E-state index in [2.05, 4.69) is 24.0 Å². The van der Waals surface area contributed by atoms with E-state index in [1.54, 1.807) is 7.11 Å². The van der Waals surface area contributed by atoms with Crippen molar-refractivity contribution in [2.24, 2.45) is 0 Å². The summed E-state index contributed by atoms with van der Waals surface area (Å²) in [6.45, 7) is 4.54. The van der Waals surface area contributed by atoms with Crippen LogP contribution in [0.25, 0.3) is 0 Å². The van der Waals surface area contributed by atoms with Crippen molar-refractivity contribution in [3.63, 3.8) is 0 Å². The predicted octanol–water partition coefficient (Wildman–Crippen LogP) is 2.42. The zero-order valence-corrected chi connectivity index (χ0v) is 11.8. The van der Waals surface area contributed by atoms with Gasteiger partial charge >= 0.3 is 5.97 Å². The molecule has 0 amide bonds. The first-order chi connectivity index (χ1) is 9.15. The fourth-order valence-electron chi connectivity index (χ4n) is 1.98. The summed E-state index contributed by atoms with van der Waals surface area (Å²) in [7, 11) is 1.66. The lowest BCUT2D eigenvalue weighted by molar-refractivity contribution is -0.137. The molecule has 0 saturated heterocycles. The summed E-state index contributed by atoms with van der Waals surface area (Å²) in [4.78, 5) is 12.7. The molecule has 0 heterocycles. The Morgan fingerprint density at radius 1 is 1.26 bits per heavy atom. The summed E-state index contributed by atoms with van der Waals surface area (Å²) in [6, 6.07) is 8.09. The van der Waals surface area contributed by atoms with Gasteiger partial charge in [0, 0.05) is 6.54 Å². The van der Waals surface area contributed by atoms with Gasteiger partial charge < -0.3 is 14.7 Å². The standard InChI is InChI=1S/C15H23NO3/c1-3-16(12-10-15(17)18)11-4-5-13-6-8-14(19-2)9-7-13/h6-9H,3-5,10-12H2,1-2H3,(H,17,18). The van der Waals surface area contributed by atoms with Crippen molar-refractivity contribution in [1.29, 1.82) is 0 Å². The maximum atomic E-state index is 10.5. The molecule has 0 aliphatic carbocycles. The Morgan fingerprint density at radius 3 is 2.47 bits per heavy atom. The van der Waals surface area contributed by atoms with Crippen LogP contribution in [0.4, 0.5) is 0 Å². The Hall–Kier alpha value is -1.55. The second-order valence-corrected chi connectivity index (χ2v) is 4.53. The molecule has 4 nitrogen and oxygen atoms in total. The van der Waals surface area contributed by atoms with E-state index in [9.17, 15) is 4.79 Å². The SMILES string of the molecule is CCN(CCCc1ccc(OC)cc1)CCC(=O)O. The Labute approximate surface area is 115 Å². The minimum Gasteiger partial charge on any atom is -0.497 e. The van der Waals surface area contributed by atoms with Crippen molar-refractivity contribution in [3.8, 4) is 5.75 Å². The third-order valence-corrected chi connectivity index (χ3v) is 3.19. The van der Waals surface area contributed by atoms with Crippen LogP contribution in [0.5, 0.6) is 5.75 Å². The van der Waals surface area contributed by atoms with Gasteiger partial charge in [-0.05, 0) is 43.6 Å². The summed E-state index contributed by atoms with van der Waals surface area (Å²) >= 11 is 0. The molecule has 0 fully saturated rings. The number of ether oxygens (including phenoxy) is 1. The molecule has 0 spiro atoms. The molecule has 1 rings (SSSR count). The van der Waals surface area contributed by atoms with Gasteiger partial charge in [-0.3, -0.25) is 4.79 Å². The first-order valence-electron chi connectivity index (χ1n) is 6.72. The molecule has 0 aliphatic heterocycles. The fraction of sp³-hybridized carbons (Fsp3) is 0.533. The third kappa shape index (κ3) is 6.25. The molecule has 0 unspecified atom stereocenters. The molecule has 19 heavy (non-hydrogen) atoms. The van der Waals surface area contributed by atoms with Crippen molar-refractivity contribution in [2.45, 2.75) is 26.2 Å². The highest BCUT2D eigenvalue weighted by Crippen LogP contribution is 2.12. The summed E-state index contributed by atoms with van der Waals surface area (Å²) in [5.41, 5.74) is 1.29. The van der Waals surface area contributed by atoms with E-state index >= 15 is 0 Å². The lowest BCUT2D eigenvalue weighted by Gasteiger charge is -2.19. The van der Waals surface area contributed by atoms with Crippen LogP contribution >= 0.6 is 0 Å². The molecule has 0 aromatic heterocycles. The second-order valence-electron chi connectivity index (χ2n) is 4.53. The number of benzene rings is 1. The quantitative estimate of drug-likeness (QED) is 0.745. The van der Waals surface area contributed by atoms with Crippen molar-refractivity contribution in [1.82, 2.24) is 4.90 Å². The van der Waals surface area contributed by atoms with E-state index in [4.69, 9.17) is 9.84 Å². The van der Waals surface area contributed by atoms with Gasteiger partial charge in [0.1, 0.15) is 5.75 Å². The van der Waals surface area contributed by atoms with Crippen LogP contribution in [0.1, 0.15) is 25.3 Å². The Morgan fingerprint density at radius 2 is 1.95 bits per heavy atom. The number of methoxy groups -OCH3 is 1. The smallest absolute Gasteiger partial charge is 0.304 e. The highest BCUT2D eigenvalue weighted by atomic mass is 16.5. The summed E-state index contributed by atoms with van der Waals surface area (Å²) in [6.07, 6.45) is 2.27. The lowest BCUT2D eigenvalue weighted by Crippen LogP contribution is -2.27. The van der Waals surface area contributed by atoms with Gasteiger partial charge in [0.05, 0.1) is 13.5 Å². The number of nitrogens with zero attached hydrogens (tertiary/aromatic N) is 1. The Balaban J connectivity index is 2.28. The van der Waals surface area contributed by atoms with Crippen LogP contribution in [-0.2, 0) is 11.2 Å². The highest BCUT2D eigenvalue weighted by Gasteiger charge is 2.05. The van der Waals surface area contributed by atoms with Gasteiger partial charge in [0.25, 0.3) is 0 Å². The van der Waals surface area contributed by atoms with E-state index in [1.165, 1.54) is 5.56 Å². The molecule has 0 atom stereocenters. The summed E-state index contributed by atoms with van der Waals surface area (Å²) in [5, 5.41) is 8.67. The first kappa shape index (κ1) is 15.5. The van der Waals surface area contributed by atoms with E-state index in [0.717, 1.165) is 31.7 Å². The van der Waals surface area contributed by atoms with E-state index in [0.29, 0.717) is 6.54 Å². The number of carboxylic acids is 1. The molecule has 4 heteroatoms. The van der Waals surface area contributed by atoms with Crippen LogP contribution in [0.3, 0.4) is 0 Å². The maximum absolute atomic E-state index is 10.5. The zero-order valence-electron chi connectivity index (χ0n) is 11.8. The van der Waals surface area contributed by atoms with Gasteiger partial charge in [-0.15, -0.1) is 0 Å². The number of hydrogen-bond donors (Lipinski definition) is 1. The van der Waals surface area contributed by atoms with E-state index in [1.807, 2.05) is 12.1 Å². The van der Waals surface area contributed by atoms with Gasteiger partial charge in [0.2, 0.25) is 0 Å². The topological polar surface area (TPSA) is 49.8 Å². The van der Waals surface area contributed by atoms with Crippen LogP contribution < -0.4 is 4.74 Å². The minimum absolute atomic E-state index is 0.219. The molecule has 0 saturated carbocycles. The number of aryl methyl sites for hydroxylation is 1. The van der Waals surface area contributed by atoms with Gasteiger partial charge in [-0.25, -0.2) is 0 Å². The van der Waals surface area contributed by atoms with Crippen LogP contribution in [0.2, 0.25) is 0 Å². The normalized spacial score (nSPS) is 10.7. The molecule has 0 radical (unpaired) electrons. The van der Waals surface area contributed by atoms with Crippen LogP contribution in [0, 0.1) is 0 Å². The predicted molar refractivity (Wildman–Crippen MR) is 75.7 cm³/mol. The van der Waals surface area contributed by atoms with Crippen molar-refractivity contribution < 1.29 is 14.6 Å². The van der Waals surface area contributed by atoms with Gasteiger partial charge in [0.15, 0.2) is 0 Å². The molecule has 106 valence electrons. The first-order valence-corrected chi connectivity index (χ1v) is 6.72. The van der Waals surface area contributed by atoms with Crippen molar-refractivity contribution >= 4 is 5.97 Å². The monoisotopic (exact) mass is 265 g/mol. The van der Waals surface area contributed by atoms with Crippen LogP contribution in [-0.4, -0.2) is 42.7 Å². The number of rotatable bonds is 9. The van der Waals surface area contributed by atoms with Crippen molar-refractivity contribution in [3.05, 3.63) is 29.8 Å². The van der Waals surface area contributed by atoms with Crippen LogP contribution in [0.15, 0.2) is 24.3 Å². The van der Waals surface area contributed by atoms with Gasteiger partial charge in [-0.1, -0.05) is 19.1 Å². The third-order valence-electron chi connectivity index (χ3n) is 3.19. The van der Waals surface area contributed by atoms with E-state index in [-0.39, 0.29) is 6.42 Å². The lowest BCUT2D eigenvalue weighted by atomic mass is 10.1. The minimum atomic E-state index is -0.728. The summed E-state index contributed by atoms with van der Waals surface area (Å²) < 4.78 is 5.12. The molecule has 1 aromatic carbocycles. The fourth-order valence-corrected chi connectivity index (χ4v) is 1.98. The zero-order chi connectivity index (χ0) is 14.1. The highest BCUT2D eigenvalue weighted by molar-refractivity contribution is 5.66. The second kappa shape index (κ2) is 8.53. The maximum Gasteiger partial charge on any atom is 0.304 e. The number of aliphatic carboxylic acids is 1. The van der Waals surface area contributed by atoms with Gasteiger partial charge in [-0.2, -0.15) is 0 Å². The number of hydrogen-bond acceptors (Lipinski definition) is 3. The molecule has 1 N–H and O–H groups in total. The molecular weight excluding hydrogens is 242 g/mol. The van der Waals surface area contributed by atoms with Crippen molar-refractivity contribution in [2.75, 3.05) is 26.7 Å². The average Bonchev–Trinajstić information content (AvgIpc) is 2.43. The van der Waals surface area contributed by atoms with E-state index < -0.39 is 5.97 Å². The Bertz CT molecular complexity index is 375. The summed E-state index contributed by atoms with van der Waals surface area (Å²) in [5.74, 6) is 0.147. The largest absolute Gasteiger partial charge is 0.497 e. The molecule has 1 aromatic rings. The Kier molecular flexibility index (Phi) is 6.97. The molecular formula is C15H23NO3. The average molecular weight is 265 g/mol. The molecule has 0 aliphatic rings.